The second-order valence-electron chi connectivity index (χ2n) is 5.59. The summed E-state index contributed by atoms with van der Waals surface area (Å²) in [4.78, 5) is 2.38. The molecule has 3 nitrogen and oxygen atoms in total. The van der Waals surface area contributed by atoms with Gasteiger partial charge in [0.2, 0.25) is 0 Å². The van der Waals surface area contributed by atoms with Crippen molar-refractivity contribution in [1.29, 1.82) is 0 Å². The molecule has 118 valence electrons. The number of benzene rings is 1. The summed E-state index contributed by atoms with van der Waals surface area (Å²) in [6.07, 6.45) is 4.36. The monoisotopic (exact) mass is 331 g/mol. The smallest absolute Gasteiger partial charge is 0.138 e. The van der Waals surface area contributed by atoms with Gasteiger partial charge in [-0.1, -0.05) is 36.5 Å². The SMILES string of the molecule is CC[C@H]1CCCCN1C[C@H](O)COc1ccc(Cl)cc1Cl. The predicted octanol–water partition coefficient (Wildman–Crippen LogP) is 4.00. The van der Waals surface area contributed by atoms with Gasteiger partial charge in [-0.25, -0.2) is 0 Å². The number of aliphatic hydroxyl groups excluding tert-OH is 1. The van der Waals surface area contributed by atoms with Crippen molar-refractivity contribution < 1.29 is 9.84 Å². The van der Waals surface area contributed by atoms with Gasteiger partial charge in [0.15, 0.2) is 0 Å². The summed E-state index contributed by atoms with van der Waals surface area (Å²) in [6.45, 7) is 4.18. The van der Waals surface area contributed by atoms with Crippen LogP contribution in [0, 0.1) is 0 Å². The van der Waals surface area contributed by atoms with Crippen molar-refractivity contribution in [2.45, 2.75) is 44.8 Å². The Morgan fingerprint density at radius 3 is 2.90 bits per heavy atom. The highest BCUT2D eigenvalue weighted by molar-refractivity contribution is 6.35. The van der Waals surface area contributed by atoms with E-state index < -0.39 is 6.10 Å². The molecule has 1 aliphatic rings. The van der Waals surface area contributed by atoms with Crippen molar-refractivity contribution in [1.82, 2.24) is 4.90 Å². The zero-order valence-corrected chi connectivity index (χ0v) is 13.9. The van der Waals surface area contributed by atoms with Crippen LogP contribution in [0.4, 0.5) is 0 Å². The topological polar surface area (TPSA) is 32.7 Å². The Morgan fingerprint density at radius 1 is 1.38 bits per heavy atom. The molecule has 0 bridgehead atoms. The maximum atomic E-state index is 10.2. The Labute approximate surface area is 136 Å². The molecule has 2 rings (SSSR count). The molecule has 1 N–H and O–H groups in total. The van der Waals surface area contributed by atoms with Crippen molar-refractivity contribution >= 4 is 23.2 Å². The summed E-state index contributed by atoms with van der Waals surface area (Å²) < 4.78 is 5.60. The summed E-state index contributed by atoms with van der Waals surface area (Å²) in [5, 5.41) is 11.2. The third-order valence-electron chi connectivity index (χ3n) is 3.99. The molecule has 0 aromatic heterocycles. The van der Waals surface area contributed by atoms with E-state index in [1.54, 1.807) is 18.2 Å². The van der Waals surface area contributed by atoms with Crippen LogP contribution in [0.1, 0.15) is 32.6 Å². The Bertz CT molecular complexity index is 456. The van der Waals surface area contributed by atoms with Crippen LogP contribution in [-0.4, -0.2) is 41.8 Å². The van der Waals surface area contributed by atoms with E-state index in [1.807, 2.05) is 0 Å². The minimum absolute atomic E-state index is 0.244. The van der Waals surface area contributed by atoms with Crippen LogP contribution in [0.2, 0.25) is 10.0 Å². The van der Waals surface area contributed by atoms with Crippen molar-refractivity contribution in [2.24, 2.45) is 0 Å². The lowest BCUT2D eigenvalue weighted by molar-refractivity contribution is 0.0388. The van der Waals surface area contributed by atoms with Gasteiger partial charge in [-0.05, 0) is 44.0 Å². The van der Waals surface area contributed by atoms with Crippen LogP contribution in [0.5, 0.6) is 5.75 Å². The minimum atomic E-state index is -0.510. The summed E-state index contributed by atoms with van der Waals surface area (Å²) in [5.74, 6) is 0.561. The lowest BCUT2D eigenvalue weighted by atomic mass is 10.00. The zero-order valence-electron chi connectivity index (χ0n) is 12.4. The average Bonchev–Trinajstić information content (AvgIpc) is 2.47. The van der Waals surface area contributed by atoms with Crippen LogP contribution in [0.3, 0.4) is 0 Å². The van der Waals surface area contributed by atoms with Crippen LogP contribution in [-0.2, 0) is 0 Å². The van der Waals surface area contributed by atoms with Gasteiger partial charge in [0, 0.05) is 17.6 Å². The fraction of sp³-hybridized carbons (Fsp3) is 0.625. The second-order valence-corrected chi connectivity index (χ2v) is 6.44. The summed E-state index contributed by atoms with van der Waals surface area (Å²) in [6, 6.07) is 5.69. The highest BCUT2D eigenvalue weighted by atomic mass is 35.5. The second kappa shape index (κ2) is 8.23. The van der Waals surface area contributed by atoms with E-state index in [0.717, 1.165) is 13.0 Å². The van der Waals surface area contributed by atoms with E-state index in [9.17, 15) is 5.11 Å². The van der Waals surface area contributed by atoms with Gasteiger partial charge in [0.1, 0.15) is 18.5 Å². The van der Waals surface area contributed by atoms with E-state index in [0.29, 0.717) is 28.4 Å². The van der Waals surface area contributed by atoms with Crippen LogP contribution < -0.4 is 4.74 Å². The van der Waals surface area contributed by atoms with Crippen molar-refractivity contribution in [3.63, 3.8) is 0 Å². The molecule has 0 aliphatic carbocycles. The quantitative estimate of drug-likeness (QED) is 0.855. The van der Waals surface area contributed by atoms with E-state index in [-0.39, 0.29) is 6.61 Å². The Morgan fingerprint density at radius 2 is 2.19 bits per heavy atom. The van der Waals surface area contributed by atoms with E-state index in [4.69, 9.17) is 27.9 Å². The predicted molar refractivity (Wildman–Crippen MR) is 87.5 cm³/mol. The summed E-state index contributed by atoms with van der Waals surface area (Å²) >= 11 is 11.9. The van der Waals surface area contributed by atoms with Crippen molar-refractivity contribution in [2.75, 3.05) is 19.7 Å². The number of halogens is 2. The molecular weight excluding hydrogens is 309 g/mol. The summed E-state index contributed by atoms with van der Waals surface area (Å²) in [5.41, 5.74) is 0. The third kappa shape index (κ3) is 5.03. The molecule has 1 aromatic carbocycles. The van der Waals surface area contributed by atoms with Gasteiger partial charge in [-0.3, -0.25) is 4.90 Å². The van der Waals surface area contributed by atoms with Crippen molar-refractivity contribution in [3.05, 3.63) is 28.2 Å². The maximum Gasteiger partial charge on any atom is 0.138 e. The highest BCUT2D eigenvalue weighted by Gasteiger charge is 2.23. The van der Waals surface area contributed by atoms with Gasteiger partial charge in [0.25, 0.3) is 0 Å². The average molecular weight is 332 g/mol. The van der Waals surface area contributed by atoms with Gasteiger partial charge >= 0.3 is 0 Å². The Balaban J connectivity index is 1.82. The van der Waals surface area contributed by atoms with Gasteiger partial charge in [-0.2, -0.15) is 0 Å². The van der Waals surface area contributed by atoms with Gasteiger partial charge in [-0.15, -0.1) is 0 Å². The van der Waals surface area contributed by atoms with Gasteiger partial charge < -0.3 is 9.84 Å². The first-order valence-electron chi connectivity index (χ1n) is 7.60. The fourth-order valence-electron chi connectivity index (χ4n) is 2.86. The molecule has 5 heteroatoms. The molecule has 1 aromatic rings. The number of hydrogen-bond donors (Lipinski definition) is 1. The molecular formula is C16H23Cl2NO2. The van der Waals surface area contributed by atoms with Crippen LogP contribution in [0.25, 0.3) is 0 Å². The van der Waals surface area contributed by atoms with Crippen LogP contribution >= 0.6 is 23.2 Å². The van der Waals surface area contributed by atoms with Crippen molar-refractivity contribution in [3.8, 4) is 5.75 Å². The first-order chi connectivity index (χ1) is 10.1. The maximum absolute atomic E-state index is 10.2. The molecule has 0 unspecified atom stereocenters. The summed E-state index contributed by atoms with van der Waals surface area (Å²) in [7, 11) is 0. The largest absolute Gasteiger partial charge is 0.489 e. The lowest BCUT2D eigenvalue weighted by Crippen LogP contribution is -2.44. The molecule has 1 fully saturated rings. The van der Waals surface area contributed by atoms with E-state index in [2.05, 4.69) is 11.8 Å². The number of aliphatic hydroxyl groups is 1. The molecule has 21 heavy (non-hydrogen) atoms. The van der Waals surface area contributed by atoms with Crippen LogP contribution in [0.15, 0.2) is 18.2 Å². The normalized spacial score (nSPS) is 21.2. The molecule has 0 saturated carbocycles. The first kappa shape index (κ1) is 16.9. The molecule has 0 radical (unpaired) electrons. The number of rotatable bonds is 6. The van der Waals surface area contributed by atoms with E-state index >= 15 is 0 Å². The lowest BCUT2D eigenvalue weighted by Gasteiger charge is -2.36. The van der Waals surface area contributed by atoms with E-state index in [1.165, 1.54) is 19.3 Å². The third-order valence-corrected chi connectivity index (χ3v) is 4.52. The molecule has 1 heterocycles. The Hall–Kier alpha value is -0.480. The molecule has 0 spiro atoms. The minimum Gasteiger partial charge on any atom is -0.489 e. The molecule has 1 aliphatic heterocycles. The number of likely N-dealkylation sites (tertiary alicyclic amines) is 1. The highest BCUT2D eigenvalue weighted by Crippen LogP contribution is 2.27. The number of ether oxygens (including phenoxy) is 1. The molecule has 1 saturated heterocycles. The van der Waals surface area contributed by atoms with Gasteiger partial charge in [0.05, 0.1) is 5.02 Å². The fourth-order valence-corrected chi connectivity index (χ4v) is 3.33. The number of piperidine rings is 1. The standard InChI is InChI=1S/C16H23Cl2NO2/c1-2-13-5-3-4-8-19(13)10-14(20)11-21-16-7-6-12(17)9-15(16)18/h6-7,9,13-14,20H,2-5,8,10-11H2,1H3/t13-,14-/m0/s1. The molecule has 0 amide bonds. The first-order valence-corrected chi connectivity index (χ1v) is 8.35. The zero-order chi connectivity index (χ0) is 15.2. The molecule has 2 atom stereocenters. The number of hydrogen-bond acceptors (Lipinski definition) is 3. The Kier molecular flexibility index (Phi) is 6.62. The number of nitrogens with zero attached hydrogens (tertiary/aromatic N) is 1. The number of β-amino-alcohol motifs (C(OH)–C–C–N with tert-alkyl or cyclic N) is 1.